The molecular weight excluding hydrogens is 303 g/mol. The molecule has 0 aliphatic rings. The summed E-state index contributed by atoms with van der Waals surface area (Å²) in [6.45, 7) is 6.91. The highest BCUT2D eigenvalue weighted by Crippen LogP contribution is 2.28. The molecule has 1 rings (SSSR count). The van der Waals surface area contributed by atoms with E-state index in [1.54, 1.807) is 27.7 Å². The topological polar surface area (TPSA) is 59.1 Å². The first-order chi connectivity index (χ1) is 9.10. The van der Waals surface area contributed by atoms with E-state index in [2.05, 4.69) is 9.71 Å². The molecule has 0 aliphatic heterocycles. The normalized spacial score (nSPS) is 16.5. The molecule has 1 aromatic rings. The van der Waals surface area contributed by atoms with Gasteiger partial charge in [0, 0.05) is 6.42 Å². The van der Waals surface area contributed by atoms with Crippen LogP contribution in [0.2, 0.25) is 5.15 Å². The minimum Gasteiger partial charge on any atom is -0.303 e. The zero-order valence-electron chi connectivity index (χ0n) is 11.9. The summed E-state index contributed by atoms with van der Waals surface area (Å²) in [6, 6.07) is 2.50. The zero-order valence-corrected chi connectivity index (χ0v) is 13.4. The van der Waals surface area contributed by atoms with E-state index in [4.69, 9.17) is 11.6 Å². The molecule has 0 spiro atoms. The van der Waals surface area contributed by atoms with Crippen LogP contribution in [0.5, 0.6) is 0 Å². The van der Waals surface area contributed by atoms with Crippen LogP contribution in [-0.4, -0.2) is 20.2 Å². The molecule has 2 atom stereocenters. The Bertz CT molecular complexity index is 534. The van der Waals surface area contributed by atoms with E-state index in [0.29, 0.717) is 6.29 Å². The van der Waals surface area contributed by atoms with Gasteiger partial charge in [0.25, 0.3) is 0 Å². The van der Waals surface area contributed by atoms with Gasteiger partial charge < -0.3 is 4.79 Å². The van der Waals surface area contributed by atoms with Crippen LogP contribution in [0.3, 0.4) is 0 Å². The number of aromatic nitrogens is 1. The summed E-state index contributed by atoms with van der Waals surface area (Å²) in [5.74, 6) is -0.600. The van der Waals surface area contributed by atoms with Gasteiger partial charge in [-0.15, -0.1) is 0 Å². The molecular formula is C13H18ClFN2O2S. The highest BCUT2D eigenvalue weighted by atomic mass is 35.5. The van der Waals surface area contributed by atoms with Crippen molar-refractivity contribution < 1.29 is 13.4 Å². The number of halogens is 2. The number of aldehydes is 1. The van der Waals surface area contributed by atoms with E-state index in [-0.39, 0.29) is 17.3 Å². The van der Waals surface area contributed by atoms with Crippen molar-refractivity contribution >= 4 is 28.9 Å². The number of hydrogen-bond acceptors (Lipinski definition) is 3. The van der Waals surface area contributed by atoms with Gasteiger partial charge >= 0.3 is 0 Å². The Kier molecular flexibility index (Phi) is 5.40. The smallest absolute Gasteiger partial charge is 0.146 e. The maximum atomic E-state index is 14.0. The van der Waals surface area contributed by atoms with Gasteiger partial charge in [-0.2, -0.15) is 0 Å². The fraction of sp³-hybridized carbons (Fsp3) is 0.538. The maximum absolute atomic E-state index is 14.0. The number of carbonyl (C=O) groups excluding carboxylic acids is 1. The first kappa shape index (κ1) is 17.2. The van der Waals surface area contributed by atoms with Gasteiger partial charge in [0.05, 0.1) is 27.0 Å². The average Bonchev–Trinajstić information content (AvgIpc) is 2.31. The molecule has 20 heavy (non-hydrogen) atoms. The van der Waals surface area contributed by atoms with Crippen molar-refractivity contribution in [3.8, 4) is 0 Å². The second-order valence-corrected chi connectivity index (χ2v) is 8.00. The Hall–Kier alpha value is -0.850. The Morgan fingerprint density at radius 3 is 2.50 bits per heavy atom. The van der Waals surface area contributed by atoms with Crippen molar-refractivity contribution in [1.82, 2.24) is 9.71 Å². The number of hydrogen-bond donors (Lipinski definition) is 1. The van der Waals surface area contributed by atoms with Gasteiger partial charge in [-0.25, -0.2) is 18.3 Å². The molecule has 0 aromatic carbocycles. The summed E-state index contributed by atoms with van der Waals surface area (Å²) in [7, 11) is -1.48. The van der Waals surface area contributed by atoms with Crippen molar-refractivity contribution in [2.75, 3.05) is 0 Å². The number of nitrogens with zero attached hydrogens (tertiary/aromatic N) is 1. The highest BCUT2D eigenvalue weighted by Gasteiger charge is 2.35. The van der Waals surface area contributed by atoms with E-state index in [1.807, 2.05) is 0 Å². The Balaban J connectivity index is 3.24. The largest absolute Gasteiger partial charge is 0.303 e. The molecule has 7 heteroatoms. The number of rotatable bonds is 5. The standard InChI is InChI=1S/C13H18ClFN2O2S/c1-12(2,3)20(19)17-13(4,7-8-18)11-9(15)5-6-10(14)16-11/h5-6,8,17H,7H2,1-4H3/t13-,20?/m0/s1. The lowest BCUT2D eigenvalue weighted by Crippen LogP contribution is -2.47. The summed E-state index contributed by atoms with van der Waals surface area (Å²) in [4.78, 5) is 14.8. The predicted molar refractivity (Wildman–Crippen MR) is 78.3 cm³/mol. The van der Waals surface area contributed by atoms with E-state index in [9.17, 15) is 13.4 Å². The van der Waals surface area contributed by atoms with Crippen LogP contribution in [0.15, 0.2) is 12.1 Å². The number of nitrogens with one attached hydrogen (secondary N) is 1. The molecule has 0 fully saturated rings. The minimum atomic E-state index is -1.48. The summed E-state index contributed by atoms with van der Waals surface area (Å²) < 4.78 is 28.4. The van der Waals surface area contributed by atoms with Crippen molar-refractivity contribution in [3.05, 3.63) is 28.8 Å². The second-order valence-electron chi connectivity index (χ2n) is 5.65. The van der Waals surface area contributed by atoms with Gasteiger partial charge in [-0.3, -0.25) is 0 Å². The molecule has 1 aromatic heterocycles. The van der Waals surface area contributed by atoms with Crippen LogP contribution in [0.4, 0.5) is 4.39 Å². The molecule has 0 radical (unpaired) electrons. The van der Waals surface area contributed by atoms with Crippen molar-refractivity contribution in [2.24, 2.45) is 0 Å². The monoisotopic (exact) mass is 320 g/mol. The Morgan fingerprint density at radius 1 is 1.40 bits per heavy atom. The predicted octanol–water partition coefficient (Wildman–Crippen LogP) is 2.73. The molecule has 4 nitrogen and oxygen atoms in total. The molecule has 1 N–H and O–H groups in total. The van der Waals surface area contributed by atoms with Crippen LogP contribution in [0.25, 0.3) is 0 Å². The molecule has 112 valence electrons. The van der Waals surface area contributed by atoms with Crippen LogP contribution in [0, 0.1) is 5.82 Å². The fourth-order valence-corrected chi connectivity index (χ4v) is 2.56. The molecule has 0 saturated heterocycles. The van der Waals surface area contributed by atoms with E-state index < -0.39 is 27.1 Å². The first-order valence-corrected chi connectivity index (χ1v) is 7.59. The third-order valence-corrected chi connectivity index (χ3v) is 4.66. The first-order valence-electron chi connectivity index (χ1n) is 6.06. The van der Waals surface area contributed by atoms with Crippen LogP contribution in [-0.2, 0) is 21.3 Å². The third-order valence-electron chi connectivity index (χ3n) is 2.70. The summed E-state index contributed by atoms with van der Waals surface area (Å²) in [6.07, 6.45) is 0.563. The highest BCUT2D eigenvalue weighted by molar-refractivity contribution is 7.84. The van der Waals surface area contributed by atoms with E-state index in [1.165, 1.54) is 12.1 Å². The lowest BCUT2D eigenvalue weighted by atomic mass is 9.95. The van der Waals surface area contributed by atoms with Gasteiger partial charge in [-0.05, 0) is 39.8 Å². The summed E-state index contributed by atoms with van der Waals surface area (Å²) in [5, 5.41) is 0.113. The Morgan fingerprint density at radius 2 is 2.00 bits per heavy atom. The minimum absolute atomic E-state index is 0.0188. The summed E-state index contributed by atoms with van der Waals surface area (Å²) in [5.41, 5.74) is -1.20. The third kappa shape index (κ3) is 4.07. The van der Waals surface area contributed by atoms with E-state index in [0.717, 1.165) is 0 Å². The zero-order chi connectivity index (χ0) is 15.6. The number of pyridine rings is 1. The van der Waals surface area contributed by atoms with Gasteiger partial charge in [0.1, 0.15) is 17.3 Å². The molecule has 0 saturated carbocycles. The molecule has 0 bridgehead atoms. The fourth-order valence-electron chi connectivity index (χ4n) is 1.52. The van der Waals surface area contributed by atoms with Crippen molar-refractivity contribution in [3.63, 3.8) is 0 Å². The quantitative estimate of drug-likeness (QED) is 0.670. The molecule has 1 heterocycles. The lowest BCUT2D eigenvalue weighted by Gasteiger charge is -2.31. The Labute approximate surface area is 125 Å². The van der Waals surface area contributed by atoms with Crippen LogP contribution in [0.1, 0.15) is 39.8 Å². The molecule has 0 amide bonds. The van der Waals surface area contributed by atoms with Crippen LogP contribution < -0.4 is 4.72 Å². The van der Waals surface area contributed by atoms with E-state index >= 15 is 0 Å². The van der Waals surface area contributed by atoms with Gasteiger partial charge in [-0.1, -0.05) is 11.6 Å². The average molecular weight is 321 g/mol. The maximum Gasteiger partial charge on any atom is 0.146 e. The second kappa shape index (κ2) is 6.28. The van der Waals surface area contributed by atoms with Gasteiger partial charge in [0.2, 0.25) is 0 Å². The number of carbonyl (C=O) groups is 1. The van der Waals surface area contributed by atoms with Crippen molar-refractivity contribution in [2.45, 2.75) is 44.4 Å². The summed E-state index contributed by atoms with van der Waals surface area (Å²) >= 11 is 5.78. The van der Waals surface area contributed by atoms with Crippen molar-refractivity contribution in [1.29, 1.82) is 0 Å². The lowest BCUT2D eigenvalue weighted by molar-refractivity contribution is -0.108. The van der Waals surface area contributed by atoms with Crippen LogP contribution >= 0.6 is 11.6 Å². The molecule has 0 aliphatic carbocycles. The SMILES string of the molecule is CC(C)(C)S(=O)N[C@@](C)(CC=O)c1nc(Cl)ccc1F. The van der Waals surface area contributed by atoms with Gasteiger partial charge in [0.15, 0.2) is 0 Å². The molecule has 1 unspecified atom stereocenters.